The number of hydrogen-bond donors (Lipinski definition) is 0. The number of allylic oxidation sites excluding steroid dienone is 3. The Hall–Kier alpha value is -0.510. The molecule has 0 aromatic carbocycles. The summed E-state index contributed by atoms with van der Waals surface area (Å²) in [5.74, 6) is 0.369. The van der Waals surface area contributed by atoms with Crippen LogP contribution in [0.1, 0.15) is 104 Å². The third kappa shape index (κ3) is 6.68. The highest BCUT2D eigenvalue weighted by Crippen LogP contribution is 2.41. The smallest absolute Gasteiger partial charge is 0.182 e. The molecular formula is C29H43Cl3N2O. The molecule has 0 aromatic rings. The zero-order chi connectivity index (χ0) is 24.9. The first kappa shape index (κ1) is 27.5. The van der Waals surface area contributed by atoms with E-state index < -0.39 is 0 Å². The minimum Gasteiger partial charge on any atom is -0.292 e. The summed E-state index contributed by atoms with van der Waals surface area (Å²) in [6.07, 6.45) is 19.4. The molecule has 1 saturated carbocycles. The van der Waals surface area contributed by atoms with Crippen molar-refractivity contribution in [1.82, 2.24) is 5.01 Å². The summed E-state index contributed by atoms with van der Waals surface area (Å²) in [6.45, 7) is 4.35. The van der Waals surface area contributed by atoms with Gasteiger partial charge < -0.3 is 0 Å². The van der Waals surface area contributed by atoms with E-state index in [9.17, 15) is 4.79 Å². The van der Waals surface area contributed by atoms with Crippen molar-refractivity contribution in [2.45, 2.75) is 132 Å². The summed E-state index contributed by atoms with van der Waals surface area (Å²) < 4.78 is 0. The maximum atomic E-state index is 13.9. The number of carbonyl (C=O) groups excluding carboxylic acids is 1. The molecule has 0 radical (unpaired) electrons. The molecule has 0 amide bonds. The Morgan fingerprint density at radius 1 is 1.09 bits per heavy atom. The predicted octanol–water partition coefficient (Wildman–Crippen LogP) is 8.41. The van der Waals surface area contributed by atoms with Crippen LogP contribution in [0.4, 0.5) is 0 Å². The fourth-order valence-corrected chi connectivity index (χ4v) is 7.60. The number of hydrogen-bond acceptors (Lipinski definition) is 3. The average Bonchev–Trinajstić information content (AvgIpc) is 2.99. The van der Waals surface area contributed by atoms with E-state index in [4.69, 9.17) is 39.9 Å². The number of Topliss-reactive ketones (excluding diaryl/α,β-unsaturated/α-hetero) is 1. The lowest BCUT2D eigenvalue weighted by Crippen LogP contribution is -2.48. The summed E-state index contributed by atoms with van der Waals surface area (Å²) in [7, 11) is 0. The van der Waals surface area contributed by atoms with Crippen LogP contribution in [0.5, 0.6) is 0 Å². The van der Waals surface area contributed by atoms with Crippen LogP contribution in [0.25, 0.3) is 0 Å². The number of ketones is 1. The first-order chi connectivity index (χ1) is 16.9. The number of hydrazone groups is 1. The first-order valence-corrected chi connectivity index (χ1v) is 15.4. The van der Waals surface area contributed by atoms with E-state index in [0.717, 1.165) is 63.5 Å². The molecule has 3 aliphatic carbocycles. The molecule has 0 saturated heterocycles. The molecule has 0 aromatic heterocycles. The summed E-state index contributed by atoms with van der Waals surface area (Å²) in [4.78, 5) is 13.9. The van der Waals surface area contributed by atoms with Crippen molar-refractivity contribution in [2.75, 3.05) is 0 Å². The fraction of sp³-hybridized carbons (Fsp3) is 0.793. The molecule has 0 bridgehead atoms. The summed E-state index contributed by atoms with van der Waals surface area (Å²) in [5.41, 5.74) is 3.71. The predicted molar refractivity (Wildman–Crippen MR) is 150 cm³/mol. The molecular weight excluding hydrogens is 499 g/mol. The SMILES string of the molecule is CCC(CCC1=CCCCCC1)C(=O)C1=NN(C2CCC(Cl)CC2Cl)C(C2=CCC(Cl)CC2)C1C. The molecule has 6 heteroatoms. The molecule has 7 atom stereocenters. The van der Waals surface area contributed by atoms with E-state index in [1.165, 1.54) is 37.7 Å². The largest absolute Gasteiger partial charge is 0.292 e. The Kier molecular flexibility index (Phi) is 10.1. The van der Waals surface area contributed by atoms with Gasteiger partial charge in [0.1, 0.15) is 5.71 Å². The molecule has 1 heterocycles. The van der Waals surface area contributed by atoms with Crippen LogP contribution in [0.15, 0.2) is 28.4 Å². The average molecular weight is 542 g/mol. The Labute approximate surface area is 227 Å². The summed E-state index contributed by atoms with van der Waals surface area (Å²) in [5, 5.41) is 7.62. The number of rotatable bonds is 8. The topological polar surface area (TPSA) is 32.7 Å². The zero-order valence-electron chi connectivity index (χ0n) is 21.5. The first-order valence-electron chi connectivity index (χ1n) is 14.1. The van der Waals surface area contributed by atoms with Crippen molar-refractivity contribution < 1.29 is 4.79 Å². The van der Waals surface area contributed by atoms with Crippen LogP contribution in [-0.4, -0.2) is 44.7 Å². The molecule has 196 valence electrons. The third-order valence-electron chi connectivity index (χ3n) is 8.75. The van der Waals surface area contributed by atoms with E-state index in [2.05, 4.69) is 31.0 Å². The molecule has 35 heavy (non-hydrogen) atoms. The highest BCUT2D eigenvalue weighted by molar-refractivity contribution is 6.41. The fourth-order valence-electron chi connectivity index (χ4n) is 6.54. The van der Waals surface area contributed by atoms with Crippen LogP contribution in [-0.2, 0) is 4.79 Å². The van der Waals surface area contributed by atoms with Crippen LogP contribution < -0.4 is 0 Å². The van der Waals surface area contributed by atoms with Gasteiger partial charge in [-0.15, -0.1) is 34.8 Å². The number of alkyl halides is 3. The van der Waals surface area contributed by atoms with E-state index in [1.807, 2.05) is 0 Å². The van der Waals surface area contributed by atoms with Crippen LogP contribution in [0.2, 0.25) is 0 Å². The Morgan fingerprint density at radius 3 is 2.63 bits per heavy atom. The summed E-state index contributed by atoms with van der Waals surface area (Å²) in [6, 6.07) is 0.230. The van der Waals surface area contributed by atoms with Crippen molar-refractivity contribution in [2.24, 2.45) is 16.9 Å². The third-order valence-corrected chi connectivity index (χ3v) is 10.0. The standard InChI is InChI=1S/C29H43Cl3N2O/c1-3-21(11-10-20-8-6-4-5-7-9-20)29(35)27-19(2)28(22-12-14-23(30)15-13-22)34(33-27)26-17-16-24(31)18-25(26)32/h8,12,19,21,23-26,28H,3-7,9-11,13-18H2,1-2H3. The van der Waals surface area contributed by atoms with Gasteiger partial charge in [-0.05, 0) is 89.0 Å². The maximum absolute atomic E-state index is 13.9. The molecule has 0 spiro atoms. The van der Waals surface area contributed by atoms with Gasteiger partial charge in [-0.3, -0.25) is 9.80 Å². The second-order valence-corrected chi connectivity index (χ2v) is 13.0. The van der Waals surface area contributed by atoms with Gasteiger partial charge in [0.25, 0.3) is 0 Å². The van der Waals surface area contributed by atoms with E-state index in [0.29, 0.717) is 0 Å². The van der Waals surface area contributed by atoms with Gasteiger partial charge in [-0.1, -0.05) is 38.0 Å². The highest BCUT2D eigenvalue weighted by atomic mass is 35.5. The summed E-state index contributed by atoms with van der Waals surface area (Å²) >= 11 is 19.7. The number of halogens is 3. The molecule has 7 unspecified atom stereocenters. The van der Waals surface area contributed by atoms with Crippen molar-refractivity contribution >= 4 is 46.3 Å². The van der Waals surface area contributed by atoms with Gasteiger partial charge in [0.2, 0.25) is 0 Å². The van der Waals surface area contributed by atoms with E-state index >= 15 is 0 Å². The van der Waals surface area contributed by atoms with Gasteiger partial charge >= 0.3 is 0 Å². The molecule has 0 N–H and O–H groups in total. The van der Waals surface area contributed by atoms with Gasteiger partial charge in [-0.2, -0.15) is 5.10 Å². The van der Waals surface area contributed by atoms with Gasteiger partial charge in [0.05, 0.1) is 17.5 Å². The second kappa shape index (κ2) is 12.8. The van der Waals surface area contributed by atoms with Gasteiger partial charge in [-0.25, -0.2) is 0 Å². The maximum Gasteiger partial charge on any atom is 0.182 e. The lowest BCUT2D eigenvalue weighted by molar-refractivity contribution is -0.117. The van der Waals surface area contributed by atoms with Crippen LogP contribution in [0, 0.1) is 11.8 Å². The normalized spacial score (nSPS) is 35.1. The Morgan fingerprint density at radius 2 is 1.91 bits per heavy atom. The lowest BCUT2D eigenvalue weighted by Gasteiger charge is -2.41. The van der Waals surface area contributed by atoms with Crippen LogP contribution >= 0.6 is 34.8 Å². The zero-order valence-corrected chi connectivity index (χ0v) is 23.8. The number of nitrogens with zero attached hydrogens (tertiary/aromatic N) is 2. The quantitative estimate of drug-likeness (QED) is 0.228. The monoisotopic (exact) mass is 540 g/mol. The molecule has 4 rings (SSSR count). The van der Waals surface area contributed by atoms with Gasteiger partial charge in [0.15, 0.2) is 5.78 Å². The van der Waals surface area contributed by atoms with E-state index in [1.54, 1.807) is 5.57 Å². The lowest BCUT2D eigenvalue weighted by atomic mass is 9.80. The minimum atomic E-state index is -0.0479. The van der Waals surface area contributed by atoms with Crippen molar-refractivity contribution in [3.8, 4) is 0 Å². The Balaban J connectivity index is 1.54. The van der Waals surface area contributed by atoms with Crippen molar-refractivity contribution in [1.29, 1.82) is 0 Å². The Bertz CT molecular complexity index is 838. The minimum absolute atomic E-state index is 0.0406. The second-order valence-electron chi connectivity index (χ2n) is 11.2. The van der Waals surface area contributed by atoms with E-state index in [-0.39, 0.29) is 45.8 Å². The highest BCUT2D eigenvalue weighted by Gasteiger charge is 2.46. The molecule has 3 nitrogen and oxygen atoms in total. The van der Waals surface area contributed by atoms with Gasteiger partial charge in [0, 0.05) is 22.6 Å². The molecule has 1 fully saturated rings. The number of carbonyl (C=O) groups is 1. The molecule has 4 aliphatic rings. The van der Waals surface area contributed by atoms with Crippen molar-refractivity contribution in [3.63, 3.8) is 0 Å². The van der Waals surface area contributed by atoms with Crippen LogP contribution in [0.3, 0.4) is 0 Å². The van der Waals surface area contributed by atoms with Crippen molar-refractivity contribution in [3.05, 3.63) is 23.3 Å². The molecule has 1 aliphatic heterocycles.